The van der Waals surface area contributed by atoms with Crippen LogP contribution in [0.25, 0.3) is 10.9 Å². The molecule has 0 fully saturated rings. The third-order valence-electron chi connectivity index (χ3n) is 3.96. The molecule has 0 saturated heterocycles. The molecule has 1 aliphatic heterocycles. The molecular weight excluding hydrogens is 381 g/mol. The molecule has 0 spiro atoms. The van der Waals surface area contributed by atoms with Gasteiger partial charge in [-0.2, -0.15) is 0 Å². The van der Waals surface area contributed by atoms with Gasteiger partial charge in [0.05, 0.1) is 27.8 Å². The molecule has 0 saturated carbocycles. The van der Waals surface area contributed by atoms with Gasteiger partial charge in [-0.05, 0) is 42.3 Å². The van der Waals surface area contributed by atoms with Gasteiger partial charge in [-0.3, -0.25) is 0 Å². The fraction of sp³-hybridized carbons (Fsp3) is 0.118. The number of aromatic nitrogens is 1. The van der Waals surface area contributed by atoms with Gasteiger partial charge in [0.1, 0.15) is 5.75 Å². The van der Waals surface area contributed by atoms with Gasteiger partial charge in [0, 0.05) is 29.1 Å². The van der Waals surface area contributed by atoms with Crippen molar-refractivity contribution in [2.75, 3.05) is 11.8 Å². The van der Waals surface area contributed by atoms with E-state index in [0.29, 0.717) is 22.3 Å². The summed E-state index contributed by atoms with van der Waals surface area (Å²) >= 11 is 13.9. The minimum atomic E-state index is -0.335. The molecule has 1 amide bonds. The second-order valence-electron chi connectivity index (χ2n) is 5.68. The molecule has 25 heavy (non-hydrogen) atoms. The van der Waals surface area contributed by atoms with Gasteiger partial charge in [-0.25, -0.2) is 4.79 Å². The molecule has 0 bridgehead atoms. The summed E-state index contributed by atoms with van der Waals surface area (Å²) in [6, 6.07) is 9.44. The maximum atomic E-state index is 11.6. The maximum Gasteiger partial charge on any atom is 0.415 e. The Kier molecular flexibility index (Phi) is 4.19. The Labute approximate surface area is 158 Å². The average molecular weight is 394 g/mol. The summed E-state index contributed by atoms with van der Waals surface area (Å²) in [5.41, 5.74) is 2.72. The number of carbonyl (C=O) groups is 1. The molecule has 0 atom stereocenters. The van der Waals surface area contributed by atoms with Crippen molar-refractivity contribution in [3.05, 3.63) is 52.1 Å². The number of benzene rings is 2. The van der Waals surface area contributed by atoms with Crippen LogP contribution in [0.15, 0.2) is 41.4 Å². The van der Waals surface area contributed by atoms with E-state index in [9.17, 15) is 4.79 Å². The highest BCUT2D eigenvalue weighted by molar-refractivity contribution is 8.00. The molecule has 2 heterocycles. The van der Waals surface area contributed by atoms with Gasteiger partial charge < -0.3 is 19.3 Å². The molecule has 5 nitrogen and oxygen atoms in total. The first-order chi connectivity index (χ1) is 12.0. The highest BCUT2D eigenvalue weighted by Gasteiger charge is 2.21. The lowest BCUT2D eigenvalue weighted by atomic mass is 10.2. The minimum absolute atomic E-state index is 0.335. The number of amides is 1. The highest BCUT2D eigenvalue weighted by Crippen LogP contribution is 2.37. The number of fused-ring (bicyclic) bond motifs is 2. The monoisotopic (exact) mass is 393 g/mol. The zero-order valence-corrected chi connectivity index (χ0v) is 15.4. The van der Waals surface area contributed by atoms with E-state index in [4.69, 9.17) is 27.9 Å². The Morgan fingerprint density at radius 2 is 2.08 bits per heavy atom. The number of rotatable bonds is 3. The number of nitrogens with zero attached hydrogens (tertiary/aromatic N) is 1. The summed E-state index contributed by atoms with van der Waals surface area (Å²) in [4.78, 5) is 17.2. The molecule has 4 rings (SSSR count). The number of H-pyrrole nitrogens is 1. The largest absolute Gasteiger partial charge is 0.415 e. The first kappa shape index (κ1) is 16.4. The Morgan fingerprint density at radius 1 is 1.24 bits per heavy atom. The number of carbonyl (C=O) groups excluding carboxylic acids is 1. The lowest BCUT2D eigenvalue weighted by molar-refractivity contribution is 0.150. The quantitative estimate of drug-likeness (QED) is 0.573. The van der Waals surface area contributed by atoms with Gasteiger partial charge in [0.2, 0.25) is 0 Å². The molecule has 0 radical (unpaired) electrons. The van der Waals surface area contributed by atoms with Gasteiger partial charge >= 0.3 is 6.09 Å². The molecule has 0 aliphatic carbocycles. The molecule has 8 heteroatoms. The number of anilines is 1. The first-order valence-electron chi connectivity index (χ1n) is 7.47. The van der Waals surface area contributed by atoms with Gasteiger partial charge in [-0.15, -0.1) is 0 Å². The zero-order chi connectivity index (χ0) is 17.6. The van der Waals surface area contributed by atoms with Crippen LogP contribution in [0.1, 0.15) is 5.56 Å². The van der Waals surface area contributed by atoms with Crippen LogP contribution in [-0.4, -0.2) is 23.0 Å². The summed E-state index contributed by atoms with van der Waals surface area (Å²) in [6.45, 7) is 0.528. The van der Waals surface area contributed by atoms with E-state index in [1.165, 1.54) is 16.8 Å². The fourth-order valence-corrected chi connectivity index (χ4v) is 4.00. The molecule has 1 aromatic heterocycles. The first-order valence-corrected chi connectivity index (χ1v) is 9.04. The summed E-state index contributed by atoms with van der Waals surface area (Å²) in [6.07, 6.45) is 1.38. The second-order valence-corrected chi connectivity index (χ2v) is 7.37. The van der Waals surface area contributed by atoms with Crippen molar-refractivity contribution in [3.63, 3.8) is 0 Å². The number of aromatic amines is 1. The smallest absolute Gasteiger partial charge is 0.410 e. The normalized spacial score (nSPS) is 13.7. The lowest BCUT2D eigenvalue weighted by Crippen LogP contribution is -2.33. The molecule has 2 N–H and O–H groups in total. The van der Waals surface area contributed by atoms with E-state index in [1.54, 1.807) is 13.2 Å². The van der Waals surface area contributed by atoms with E-state index >= 15 is 0 Å². The van der Waals surface area contributed by atoms with Crippen molar-refractivity contribution in [1.29, 1.82) is 0 Å². The molecule has 2 aromatic carbocycles. The molecular formula is C17H13Cl2N3O2S. The summed E-state index contributed by atoms with van der Waals surface area (Å²) < 4.78 is 8.58. The van der Waals surface area contributed by atoms with Crippen LogP contribution in [0.3, 0.4) is 0 Å². The topological polar surface area (TPSA) is 57.4 Å². The predicted octanol–water partition coefficient (Wildman–Crippen LogP) is 5.54. The van der Waals surface area contributed by atoms with Gasteiger partial charge in [-0.1, -0.05) is 23.2 Å². The number of hydrogen-bond donors (Lipinski definition) is 2. The fourth-order valence-electron chi connectivity index (χ4n) is 2.70. The van der Waals surface area contributed by atoms with Crippen LogP contribution < -0.4 is 9.46 Å². The number of ether oxygens (including phenoxy) is 1. The summed E-state index contributed by atoms with van der Waals surface area (Å²) in [5.74, 6) is 0.609. The predicted molar refractivity (Wildman–Crippen MR) is 102 cm³/mol. The number of hydrogen-bond acceptors (Lipinski definition) is 4. The van der Waals surface area contributed by atoms with Gasteiger partial charge in [0.25, 0.3) is 0 Å². The third kappa shape index (κ3) is 3.01. The van der Waals surface area contributed by atoms with Crippen LogP contribution in [0.4, 0.5) is 10.5 Å². The average Bonchev–Trinajstić information content (AvgIpc) is 2.98. The van der Waals surface area contributed by atoms with E-state index in [-0.39, 0.29) is 6.09 Å². The van der Waals surface area contributed by atoms with Gasteiger partial charge in [0.15, 0.2) is 0 Å². The van der Waals surface area contributed by atoms with Crippen LogP contribution >= 0.6 is 35.1 Å². The van der Waals surface area contributed by atoms with E-state index in [1.807, 2.05) is 30.3 Å². The SMILES string of the molecule is CN1Cc2cc(SNc3ccc(Cl)c4c(Cl)c[nH]c34)ccc2OC1=O. The van der Waals surface area contributed by atoms with E-state index < -0.39 is 0 Å². The highest BCUT2D eigenvalue weighted by atomic mass is 35.5. The van der Waals surface area contributed by atoms with Crippen molar-refractivity contribution < 1.29 is 9.53 Å². The van der Waals surface area contributed by atoms with Crippen molar-refractivity contribution in [2.45, 2.75) is 11.4 Å². The standard InChI is InChI=1S/C17H13Cl2N3O2S/c1-22-8-9-6-10(2-5-14(9)24-17(22)23)25-21-13-4-3-11(18)15-12(19)7-20-16(13)15/h2-7,20-21H,8H2,1H3. The van der Waals surface area contributed by atoms with Crippen molar-refractivity contribution in [1.82, 2.24) is 9.88 Å². The number of nitrogens with one attached hydrogen (secondary N) is 2. The van der Waals surface area contributed by atoms with Crippen molar-refractivity contribution in [3.8, 4) is 5.75 Å². The Bertz CT molecular complexity index is 989. The molecule has 1 aliphatic rings. The Hall–Kier alpha value is -2.02. The third-order valence-corrected chi connectivity index (χ3v) is 5.39. The summed E-state index contributed by atoms with van der Waals surface area (Å²) in [5, 5.41) is 2.00. The van der Waals surface area contributed by atoms with Crippen LogP contribution in [-0.2, 0) is 6.54 Å². The van der Waals surface area contributed by atoms with Crippen LogP contribution in [0, 0.1) is 0 Å². The van der Waals surface area contributed by atoms with E-state index in [2.05, 4.69) is 9.71 Å². The van der Waals surface area contributed by atoms with E-state index in [0.717, 1.165) is 27.0 Å². The number of halogens is 2. The molecule has 128 valence electrons. The van der Waals surface area contributed by atoms with Crippen LogP contribution in [0.5, 0.6) is 5.75 Å². The Balaban J connectivity index is 1.57. The lowest BCUT2D eigenvalue weighted by Gasteiger charge is -2.24. The summed E-state index contributed by atoms with van der Waals surface area (Å²) in [7, 11) is 1.71. The molecule has 3 aromatic rings. The zero-order valence-electron chi connectivity index (χ0n) is 13.1. The van der Waals surface area contributed by atoms with Crippen molar-refractivity contribution in [2.24, 2.45) is 0 Å². The second kappa shape index (κ2) is 6.37. The Morgan fingerprint density at radius 3 is 2.92 bits per heavy atom. The minimum Gasteiger partial charge on any atom is -0.410 e. The van der Waals surface area contributed by atoms with Crippen LogP contribution in [0.2, 0.25) is 10.0 Å². The maximum absolute atomic E-state index is 11.6. The van der Waals surface area contributed by atoms with Crippen molar-refractivity contribution >= 4 is 57.8 Å². The molecule has 0 unspecified atom stereocenters.